The van der Waals surface area contributed by atoms with Crippen LogP contribution in [0.1, 0.15) is 49.7 Å². The monoisotopic (exact) mass is 417 g/mol. The van der Waals surface area contributed by atoms with Crippen LogP contribution in [0.4, 0.5) is 0 Å². The van der Waals surface area contributed by atoms with Crippen molar-refractivity contribution in [3.05, 3.63) is 88.3 Å². The third-order valence-corrected chi connectivity index (χ3v) is 6.02. The van der Waals surface area contributed by atoms with Gasteiger partial charge in [-0.15, -0.1) is 0 Å². The Morgan fingerprint density at radius 3 is 2.52 bits per heavy atom. The second kappa shape index (κ2) is 8.80. The Bertz CT molecular complexity index is 1070. The number of ether oxygens (including phenoxy) is 2. The molecule has 1 aliphatic carbocycles. The summed E-state index contributed by atoms with van der Waals surface area (Å²) in [5, 5.41) is 3.37. The molecule has 31 heavy (non-hydrogen) atoms. The minimum Gasteiger partial charge on any atom is -0.497 e. The first-order chi connectivity index (χ1) is 15.0. The van der Waals surface area contributed by atoms with Crippen LogP contribution in [0.2, 0.25) is 0 Å². The highest BCUT2D eigenvalue weighted by atomic mass is 16.5. The van der Waals surface area contributed by atoms with Crippen LogP contribution in [0, 0.1) is 0 Å². The van der Waals surface area contributed by atoms with Gasteiger partial charge in [0, 0.05) is 29.3 Å². The maximum Gasteiger partial charge on any atom is 0.336 e. The fraction of sp³-hybridized carbons (Fsp3) is 0.308. The Kier molecular flexibility index (Phi) is 5.94. The average molecular weight is 418 g/mol. The van der Waals surface area contributed by atoms with Gasteiger partial charge in [-0.3, -0.25) is 4.79 Å². The van der Waals surface area contributed by atoms with Crippen molar-refractivity contribution in [2.75, 3.05) is 13.7 Å². The van der Waals surface area contributed by atoms with Gasteiger partial charge in [0.1, 0.15) is 5.75 Å². The maximum atomic E-state index is 13.5. The van der Waals surface area contributed by atoms with E-state index in [0.717, 1.165) is 28.3 Å². The van der Waals surface area contributed by atoms with Crippen LogP contribution >= 0.6 is 0 Å². The van der Waals surface area contributed by atoms with Gasteiger partial charge in [0.15, 0.2) is 5.78 Å². The number of esters is 1. The second-order valence-electron chi connectivity index (χ2n) is 7.93. The molecule has 5 nitrogen and oxygen atoms in total. The van der Waals surface area contributed by atoms with Crippen molar-refractivity contribution in [2.45, 2.75) is 38.5 Å². The first-order valence-electron chi connectivity index (χ1n) is 10.6. The number of hydrogen-bond acceptors (Lipinski definition) is 5. The summed E-state index contributed by atoms with van der Waals surface area (Å²) >= 11 is 0. The fourth-order valence-corrected chi connectivity index (χ4v) is 4.63. The highest BCUT2D eigenvalue weighted by molar-refractivity contribution is 6.04. The highest BCUT2D eigenvalue weighted by Gasteiger charge is 2.41. The summed E-state index contributed by atoms with van der Waals surface area (Å²) in [5.74, 6) is 0.0991. The summed E-state index contributed by atoms with van der Waals surface area (Å²) in [6, 6.07) is 17.6. The van der Waals surface area contributed by atoms with Crippen molar-refractivity contribution < 1.29 is 19.1 Å². The van der Waals surface area contributed by atoms with E-state index in [9.17, 15) is 9.59 Å². The molecule has 1 heterocycles. The lowest BCUT2D eigenvalue weighted by molar-refractivity contribution is -0.138. The van der Waals surface area contributed by atoms with Crippen LogP contribution < -0.4 is 10.1 Å². The standard InChI is InChI=1S/C26H27NO4/c1-4-31-26(29)23-16(2)27-21-14-19(18-11-8-12-20(13-18)30-3)15-22(28)25(21)24(23)17-9-6-5-7-10-17/h5-13,19,24,27H,4,14-15H2,1-3H3. The molecular weight excluding hydrogens is 390 g/mol. The Hall–Kier alpha value is -3.34. The van der Waals surface area contributed by atoms with Gasteiger partial charge in [-0.2, -0.15) is 0 Å². The Morgan fingerprint density at radius 1 is 1.06 bits per heavy atom. The Labute approximate surface area is 182 Å². The van der Waals surface area contributed by atoms with E-state index in [0.29, 0.717) is 24.0 Å². The first-order valence-corrected chi connectivity index (χ1v) is 10.6. The van der Waals surface area contributed by atoms with Crippen molar-refractivity contribution in [3.63, 3.8) is 0 Å². The van der Waals surface area contributed by atoms with E-state index in [4.69, 9.17) is 9.47 Å². The van der Waals surface area contributed by atoms with Crippen LogP contribution in [0.3, 0.4) is 0 Å². The van der Waals surface area contributed by atoms with E-state index < -0.39 is 5.92 Å². The number of nitrogens with one attached hydrogen (secondary N) is 1. The summed E-state index contributed by atoms with van der Waals surface area (Å²) in [7, 11) is 1.64. The molecule has 0 spiro atoms. The van der Waals surface area contributed by atoms with Gasteiger partial charge in [0.25, 0.3) is 0 Å². The average Bonchev–Trinajstić information content (AvgIpc) is 2.78. The number of ketones is 1. The van der Waals surface area contributed by atoms with E-state index in [-0.39, 0.29) is 24.3 Å². The summed E-state index contributed by atoms with van der Waals surface area (Å²) in [6.07, 6.45) is 1.09. The molecule has 2 unspecified atom stereocenters. The van der Waals surface area contributed by atoms with Crippen LogP contribution in [-0.2, 0) is 14.3 Å². The fourth-order valence-electron chi connectivity index (χ4n) is 4.63. The number of methoxy groups -OCH3 is 1. The lowest BCUT2D eigenvalue weighted by Crippen LogP contribution is -2.36. The lowest BCUT2D eigenvalue weighted by atomic mass is 9.72. The van der Waals surface area contributed by atoms with Gasteiger partial charge in [0.2, 0.25) is 0 Å². The van der Waals surface area contributed by atoms with E-state index in [1.807, 2.05) is 61.5 Å². The zero-order chi connectivity index (χ0) is 22.0. The topological polar surface area (TPSA) is 64.6 Å². The molecule has 2 aromatic carbocycles. The molecule has 5 heteroatoms. The molecule has 0 aromatic heterocycles. The SMILES string of the molecule is CCOC(=O)C1=C(C)NC2=C(C(=O)CC(c3cccc(OC)c3)C2)C1c1ccccc1. The smallest absolute Gasteiger partial charge is 0.336 e. The van der Waals surface area contributed by atoms with Crippen molar-refractivity contribution in [3.8, 4) is 5.75 Å². The lowest BCUT2D eigenvalue weighted by Gasteiger charge is -2.36. The Morgan fingerprint density at radius 2 is 1.81 bits per heavy atom. The number of Topliss-reactive ketones (excluding diaryl/α,β-unsaturated/α-hetero) is 1. The van der Waals surface area contributed by atoms with Gasteiger partial charge in [0.05, 0.1) is 19.3 Å². The molecule has 0 saturated heterocycles. The van der Waals surface area contributed by atoms with Crippen LogP contribution in [0.15, 0.2) is 77.1 Å². The van der Waals surface area contributed by atoms with Crippen molar-refractivity contribution in [1.82, 2.24) is 5.32 Å². The molecule has 4 rings (SSSR count). The van der Waals surface area contributed by atoms with Crippen LogP contribution in [-0.4, -0.2) is 25.5 Å². The van der Waals surface area contributed by atoms with E-state index in [1.54, 1.807) is 14.0 Å². The maximum absolute atomic E-state index is 13.5. The predicted molar refractivity (Wildman–Crippen MR) is 119 cm³/mol. The number of carbonyl (C=O) groups excluding carboxylic acids is 2. The molecule has 2 atom stereocenters. The molecule has 0 amide bonds. The molecule has 2 aromatic rings. The number of hydrogen-bond donors (Lipinski definition) is 1. The predicted octanol–water partition coefficient (Wildman–Crippen LogP) is 4.62. The number of rotatable bonds is 5. The molecule has 0 saturated carbocycles. The minimum absolute atomic E-state index is 0.0576. The second-order valence-corrected chi connectivity index (χ2v) is 7.93. The van der Waals surface area contributed by atoms with Crippen LogP contribution in [0.25, 0.3) is 0 Å². The Balaban J connectivity index is 1.77. The number of benzene rings is 2. The van der Waals surface area contributed by atoms with Gasteiger partial charge in [-0.25, -0.2) is 4.79 Å². The van der Waals surface area contributed by atoms with Crippen LogP contribution in [0.5, 0.6) is 5.75 Å². The van der Waals surface area contributed by atoms with Gasteiger partial charge >= 0.3 is 5.97 Å². The van der Waals surface area contributed by atoms with Crippen molar-refractivity contribution in [1.29, 1.82) is 0 Å². The minimum atomic E-state index is -0.421. The molecule has 0 fully saturated rings. The highest BCUT2D eigenvalue weighted by Crippen LogP contribution is 2.45. The third-order valence-electron chi connectivity index (χ3n) is 6.02. The molecule has 1 aliphatic heterocycles. The number of allylic oxidation sites excluding steroid dienone is 3. The van der Waals surface area contributed by atoms with Crippen molar-refractivity contribution >= 4 is 11.8 Å². The number of dihydropyridines is 1. The van der Waals surface area contributed by atoms with E-state index in [2.05, 4.69) is 5.32 Å². The largest absolute Gasteiger partial charge is 0.497 e. The molecule has 0 radical (unpaired) electrons. The molecule has 2 aliphatic rings. The first kappa shape index (κ1) is 20.9. The zero-order valence-corrected chi connectivity index (χ0v) is 18.1. The van der Waals surface area contributed by atoms with Gasteiger partial charge in [-0.05, 0) is 49.4 Å². The summed E-state index contributed by atoms with van der Waals surface area (Å²) in [5.41, 5.74) is 4.83. The summed E-state index contributed by atoms with van der Waals surface area (Å²) < 4.78 is 10.7. The number of carbonyl (C=O) groups is 2. The quantitative estimate of drug-likeness (QED) is 0.719. The summed E-state index contributed by atoms with van der Waals surface area (Å²) in [6.45, 7) is 3.96. The molecule has 160 valence electrons. The van der Waals surface area contributed by atoms with Crippen molar-refractivity contribution in [2.24, 2.45) is 0 Å². The summed E-state index contributed by atoms with van der Waals surface area (Å²) in [4.78, 5) is 26.3. The third kappa shape index (κ3) is 4.00. The molecule has 0 bridgehead atoms. The van der Waals surface area contributed by atoms with Gasteiger partial charge in [-0.1, -0.05) is 42.5 Å². The normalized spacial score (nSPS) is 20.8. The van der Waals surface area contributed by atoms with E-state index >= 15 is 0 Å². The van der Waals surface area contributed by atoms with Gasteiger partial charge < -0.3 is 14.8 Å². The molecular formula is C26H27NO4. The molecule has 1 N–H and O–H groups in total. The van der Waals surface area contributed by atoms with E-state index in [1.165, 1.54) is 0 Å². The zero-order valence-electron chi connectivity index (χ0n) is 18.1.